The van der Waals surface area contributed by atoms with E-state index in [1.807, 2.05) is 19.1 Å². The zero-order chi connectivity index (χ0) is 12.2. The fraction of sp³-hybridized carbons (Fsp3) is 0.600. The molecular weight excluding hydrogens is 228 g/mol. The lowest BCUT2D eigenvalue weighted by Crippen LogP contribution is -2.28. The van der Waals surface area contributed by atoms with Gasteiger partial charge in [-0.1, -0.05) is 0 Å². The zero-order valence-corrected chi connectivity index (χ0v) is 10.4. The van der Waals surface area contributed by atoms with Crippen molar-refractivity contribution in [2.24, 2.45) is 5.84 Å². The van der Waals surface area contributed by atoms with Crippen LogP contribution in [0.3, 0.4) is 0 Å². The quantitative estimate of drug-likeness (QED) is 0.576. The van der Waals surface area contributed by atoms with Crippen LogP contribution in [0.5, 0.6) is 0 Å². The summed E-state index contributed by atoms with van der Waals surface area (Å²) in [6.07, 6.45) is 2.43. The van der Waals surface area contributed by atoms with Crippen LogP contribution < -0.4 is 11.3 Å². The minimum Gasteiger partial charge on any atom is -0.465 e. The first-order valence-corrected chi connectivity index (χ1v) is 7.18. The van der Waals surface area contributed by atoms with Gasteiger partial charge in [-0.15, -0.1) is 0 Å². The highest BCUT2D eigenvalue weighted by molar-refractivity contribution is 7.90. The second-order valence-electron chi connectivity index (χ2n) is 3.94. The van der Waals surface area contributed by atoms with Crippen LogP contribution in [-0.4, -0.2) is 20.4 Å². The van der Waals surface area contributed by atoms with Crippen LogP contribution in [0.15, 0.2) is 16.5 Å². The maximum atomic E-state index is 11.0. The van der Waals surface area contributed by atoms with Gasteiger partial charge in [-0.05, 0) is 31.9 Å². The van der Waals surface area contributed by atoms with E-state index in [-0.39, 0.29) is 11.8 Å². The van der Waals surface area contributed by atoms with Gasteiger partial charge >= 0.3 is 0 Å². The Hall–Kier alpha value is -0.850. The maximum Gasteiger partial charge on any atom is 0.147 e. The molecule has 3 N–H and O–H groups in total. The molecule has 0 fully saturated rings. The summed E-state index contributed by atoms with van der Waals surface area (Å²) in [6, 6.07) is 3.58. The summed E-state index contributed by atoms with van der Waals surface area (Å²) in [5.74, 6) is 7.14. The molecule has 5 nitrogen and oxygen atoms in total. The Kier molecular flexibility index (Phi) is 4.52. The molecule has 16 heavy (non-hydrogen) atoms. The molecule has 92 valence electrons. The van der Waals surface area contributed by atoms with Crippen molar-refractivity contribution in [3.05, 3.63) is 23.7 Å². The maximum absolute atomic E-state index is 11.0. The van der Waals surface area contributed by atoms with Crippen LogP contribution in [0.25, 0.3) is 0 Å². The molecule has 0 aliphatic rings. The van der Waals surface area contributed by atoms with E-state index in [0.717, 1.165) is 11.5 Å². The summed E-state index contributed by atoms with van der Waals surface area (Å²) < 4.78 is 27.4. The summed E-state index contributed by atoms with van der Waals surface area (Å²) in [7, 11) is -2.90. The van der Waals surface area contributed by atoms with Crippen LogP contribution in [0.2, 0.25) is 0 Å². The molecule has 0 saturated heterocycles. The molecule has 6 heteroatoms. The first-order valence-electron chi connectivity index (χ1n) is 5.12. The van der Waals surface area contributed by atoms with E-state index in [4.69, 9.17) is 10.3 Å². The van der Waals surface area contributed by atoms with Gasteiger partial charge < -0.3 is 4.42 Å². The van der Waals surface area contributed by atoms with Crippen LogP contribution in [0.4, 0.5) is 0 Å². The molecule has 1 aromatic rings. The highest BCUT2D eigenvalue weighted by Crippen LogP contribution is 2.20. The van der Waals surface area contributed by atoms with Gasteiger partial charge in [0.05, 0.1) is 6.04 Å². The summed E-state index contributed by atoms with van der Waals surface area (Å²) in [4.78, 5) is 0. The third-order valence-corrected chi connectivity index (χ3v) is 3.34. The Morgan fingerprint density at radius 3 is 2.62 bits per heavy atom. The SMILES string of the molecule is Cc1ccc(C(CCCS(C)(=O)=O)NN)o1. The van der Waals surface area contributed by atoms with Gasteiger partial charge in [0, 0.05) is 12.0 Å². The number of nitrogens with one attached hydrogen (secondary N) is 1. The number of aryl methyl sites for hydroxylation is 1. The van der Waals surface area contributed by atoms with E-state index in [1.165, 1.54) is 6.26 Å². The van der Waals surface area contributed by atoms with Gasteiger partial charge in [0.2, 0.25) is 0 Å². The van der Waals surface area contributed by atoms with Crippen molar-refractivity contribution >= 4 is 9.84 Å². The second kappa shape index (κ2) is 5.47. The molecule has 0 amide bonds. The van der Waals surface area contributed by atoms with Crippen molar-refractivity contribution in [2.45, 2.75) is 25.8 Å². The fourth-order valence-electron chi connectivity index (χ4n) is 1.50. The third-order valence-electron chi connectivity index (χ3n) is 2.31. The average molecular weight is 246 g/mol. The number of hydrazine groups is 1. The number of furan rings is 1. The minimum atomic E-state index is -2.90. The van der Waals surface area contributed by atoms with Gasteiger partial charge in [0.15, 0.2) is 0 Å². The van der Waals surface area contributed by atoms with Gasteiger partial charge in [-0.2, -0.15) is 0 Å². The monoisotopic (exact) mass is 246 g/mol. The third kappa shape index (κ3) is 4.34. The van der Waals surface area contributed by atoms with Crippen molar-refractivity contribution < 1.29 is 12.8 Å². The van der Waals surface area contributed by atoms with E-state index in [0.29, 0.717) is 12.8 Å². The van der Waals surface area contributed by atoms with Crippen LogP contribution in [0, 0.1) is 6.92 Å². The molecule has 0 radical (unpaired) electrons. The highest BCUT2D eigenvalue weighted by atomic mass is 32.2. The highest BCUT2D eigenvalue weighted by Gasteiger charge is 2.14. The Balaban J connectivity index is 2.50. The topological polar surface area (TPSA) is 85.3 Å². The summed E-state index contributed by atoms with van der Waals surface area (Å²) >= 11 is 0. The molecule has 1 heterocycles. The molecule has 1 atom stereocenters. The Morgan fingerprint density at radius 1 is 1.50 bits per heavy atom. The Bertz CT molecular complexity index is 425. The van der Waals surface area contributed by atoms with Crippen molar-refractivity contribution in [3.8, 4) is 0 Å². The minimum absolute atomic E-state index is 0.129. The molecule has 0 spiro atoms. The van der Waals surface area contributed by atoms with Crippen LogP contribution >= 0.6 is 0 Å². The van der Waals surface area contributed by atoms with Gasteiger partial charge in [0.25, 0.3) is 0 Å². The molecule has 1 rings (SSSR count). The smallest absolute Gasteiger partial charge is 0.147 e. The summed E-state index contributed by atoms with van der Waals surface area (Å²) in [6.45, 7) is 1.85. The average Bonchev–Trinajstić information content (AvgIpc) is 2.58. The fourth-order valence-corrected chi connectivity index (χ4v) is 2.19. The molecular formula is C10H18N2O3S. The van der Waals surface area contributed by atoms with Gasteiger partial charge in [-0.25, -0.2) is 13.8 Å². The number of sulfone groups is 1. The van der Waals surface area contributed by atoms with Crippen LogP contribution in [-0.2, 0) is 9.84 Å². The molecule has 1 unspecified atom stereocenters. The van der Waals surface area contributed by atoms with Crippen molar-refractivity contribution in [3.63, 3.8) is 0 Å². The normalized spacial score (nSPS) is 13.9. The standard InChI is InChI=1S/C10H18N2O3S/c1-8-5-6-10(15-8)9(12-11)4-3-7-16(2,13)14/h5-6,9,12H,3-4,7,11H2,1-2H3. The lowest BCUT2D eigenvalue weighted by Gasteiger charge is -2.12. The number of hydrogen-bond donors (Lipinski definition) is 2. The van der Waals surface area contributed by atoms with Crippen LogP contribution in [0.1, 0.15) is 30.4 Å². The van der Waals surface area contributed by atoms with E-state index in [1.54, 1.807) is 0 Å². The lowest BCUT2D eigenvalue weighted by molar-refractivity contribution is 0.387. The van der Waals surface area contributed by atoms with E-state index < -0.39 is 9.84 Å². The number of rotatable bonds is 6. The molecule has 0 saturated carbocycles. The summed E-state index contributed by atoms with van der Waals surface area (Å²) in [5, 5.41) is 0. The van der Waals surface area contributed by atoms with Crippen molar-refractivity contribution in [2.75, 3.05) is 12.0 Å². The molecule has 0 aliphatic heterocycles. The van der Waals surface area contributed by atoms with Crippen molar-refractivity contribution in [1.29, 1.82) is 0 Å². The Labute approximate surface area is 95.9 Å². The van der Waals surface area contributed by atoms with E-state index >= 15 is 0 Å². The van der Waals surface area contributed by atoms with Crippen molar-refractivity contribution in [1.82, 2.24) is 5.43 Å². The van der Waals surface area contributed by atoms with Gasteiger partial charge in [0.1, 0.15) is 21.4 Å². The largest absolute Gasteiger partial charge is 0.465 e. The first kappa shape index (κ1) is 13.2. The van der Waals surface area contributed by atoms with E-state index in [2.05, 4.69) is 5.43 Å². The zero-order valence-electron chi connectivity index (χ0n) is 9.56. The predicted octanol–water partition coefficient (Wildman–Crippen LogP) is 0.917. The van der Waals surface area contributed by atoms with E-state index in [9.17, 15) is 8.42 Å². The number of nitrogens with two attached hydrogens (primary N) is 1. The lowest BCUT2D eigenvalue weighted by atomic mass is 10.1. The first-order chi connectivity index (χ1) is 7.42. The predicted molar refractivity (Wildman–Crippen MR) is 62.5 cm³/mol. The molecule has 0 bridgehead atoms. The number of hydrogen-bond acceptors (Lipinski definition) is 5. The summed E-state index contributed by atoms with van der Waals surface area (Å²) in [5.41, 5.74) is 2.63. The second-order valence-corrected chi connectivity index (χ2v) is 6.20. The molecule has 1 aromatic heterocycles. The molecule has 0 aromatic carbocycles. The van der Waals surface area contributed by atoms with Gasteiger partial charge in [-0.3, -0.25) is 5.84 Å². The molecule has 0 aliphatic carbocycles. The Morgan fingerprint density at radius 2 is 2.19 bits per heavy atom.